The van der Waals surface area contributed by atoms with Gasteiger partial charge in [-0.2, -0.15) is 0 Å². The van der Waals surface area contributed by atoms with E-state index in [1.54, 1.807) is 11.8 Å². The second-order valence-electron chi connectivity index (χ2n) is 8.72. The van der Waals surface area contributed by atoms with Crippen molar-refractivity contribution >= 4 is 17.7 Å². The molecule has 0 radical (unpaired) electrons. The van der Waals surface area contributed by atoms with Crippen molar-refractivity contribution in [3.05, 3.63) is 5.82 Å². The molecular weight excluding hydrogens is 368 g/mol. The van der Waals surface area contributed by atoms with Crippen molar-refractivity contribution in [1.29, 1.82) is 0 Å². The first kappa shape index (κ1) is 21.5. The van der Waals surface area contributed by atoms with Crippen molar-refractivity contribution in [2.45, 2.75) is 76.4 Å². The van der Waals surface area contributed by atoms with Crippen LogP contribution in [0.5, 0.6) is 0 Å². The largest absolute Gasteiger partial charge is 0.356 e. The lowest BCUT2D eigenvalue weighted by Crippen LogP contribution is -2.40. The Morgan fingerprint density at radius 3 is 2.71 bits per heavy atom. The summed E-state index contributed by atoms with van der Waals surface area (Å²) in [6.45, 7) is 7.85. The van der Waals surface area contributed by atoms with Crippen LogP contribution in [-0.2, 0) is 6.42 Å². The Morgan fingerprint density at radius 2 is 2.04 bits per heavy atom. The molecule has 1 N–H and O–H groups in total. The van der Waals surface area contributed by atoms with Crippen LogP contribution in [0.15, 0.2) is 10.1 Å². The summed E-state index contributed by atoms with van der Waals surface area (Å²) in [6, 6.07) is 0.607. The highest BCUT2D eigenvalue weighted by molar-refractivity contribution is 7.98. The normalized spacial score (nSPS) is 21.2. The number of aromatic nitrogens is 3. The molecule has 28 heavy (non-hydrogen) atoms. The zero-order chi connectivity index (χ0) is 19.9. The van der Waals surface area contributed by atoms with Crippen LogP contribution < -0.4 is 5.32 Å². The van der Waals surface area contributed by atoms with Crippen LogP contribution in [0.4, 0.5) is 0 Å². The fourth-order valence-corrected chi connectivity index (χ4v) is 5.38. The highest BCUT2D eigenvalue weighted by Gasteiger charge is 2.26. The molecular formula is C21H38N6S. The van der Waals surface area contributed by atoms with E-state index in [9.17, 15) is 0 Å². The highest BCUT2D eigenvalue weighted by Crippen LogP contribution is 2.33. The standard InChI is InChI=1S/C21H38N6S/c1-16(2)14-17-11-13-26(15-17)20(22-3)23-12-7-10-19-24-25-21(28-4)27(19)18-8-5-6-9-18/h16-18H,5-15H2,1-4H3,(H,22,23). The zero-order valence-electron chi connectivity index (χ0n) is 18.2. The smallest absolute Gasteiger partial charge is 0.193 e. The minimum Gasteiger partial charge on any atom is -0.356 e. The predicted octanol–water partition coefficient (Wildman–Crippen LogP) is 3.99. The lowest BCUT2D eigenvalue weighted by Gasteiger charge is -2.22. The van der Waals surface area contributed by atoms with Gasteiger partial charge in [0.05, 0.1) is 0 Å². The molecule has 2 fully saturated rings. The first-order valence-electron chi connectivity index (χ1n) is 11.1. The van der Waals surface area contributed by atoms with Crippen molar-refractivity contribution in [2.75, 3.05) is 32.9 Å². The minimum absolute atomic E-state index is 0.607. The average Bonchev–Trinajstić information content (AvgIpc) is 3.41. The number of rotatable bonds is 8. The van der Waals surface area contributed by atoms with Crippen molar-refractivity contribution in [1.82, 2.24) is 25.0 Å². The molecule has 7 heteroatoms. The van der Waals surface area contributed by atoms with Gasteiger partial charge in [0.25, 0.3) is 0 Å². The number of aryl methyl sites for hydroxylation is 1. The molecule has 1 saturated carbocycles. The Balaban J connectivity index is 1.47. The quantitative estimate of drug-likeness (QED) is 0.306. The van der Waals surface area contributed by atoms with Crippen molar-refractivity contribution in [2.24, 2.45) is 16.8 Å². The summed E-state index contributed by atoms with van der Waals surface area (Å²) in [7, 11) is 1.90. The van der Waals surface area contributed by atoms with E-state index in [0.717, 1.165) is 61.3 Å². The first-order chi connectivity index (χ1) is 13.6. The summed E-state index contributed by atoms with van der Waals surface area (Å²) in [4.78, 5) is 6.95. The SMILES string of the molecule is CN=C(NCCCc1nnc(SC)n1C1CCCC1)N1CCC(CC(C)C)C1. The summed E-state index contributed by atoms with van der Waals surface area (Å²) >= 11 is 1.72. The van der Waals surface area contributed by atoms with Gasteiger partial charge in [-0.15, -0.1) is 10.2 Å². The van der Waals surface area contributed by atoms with Gasteiger partial charge in [0.1, 0.15) is 5.82 Å². The third-order valence-electron chi connectivity index (χ3n) is 6.07. The van der Waals surface area contributed by atoms with Gasteiger partial charge >= 0.3 is 0 Å². The summed E-state index contributed by atoms with van der Waals surface area (Å²) in [6.07, 6.45) is 12.0. The van der Waals surface area contributed by atoms with E-state index >= 15 is 0 Å². The Kier molecular flexibility index (Phi) is 8.06. The fraction of sp³-hybridized carbons (Fsp3) is 0.857. The first-order valence-corrected chi connectivity index (χ1v) is 12.3. The molecule has 1 aliphatic heterocycles. The summed E-state index contributed by atoms with van der Waals surface area (Å²) < 4.78 is 2.42. The third kappa shape index (κ3) is 5.43. The van der Waals surface area contributed by atoms with Gasteiger partial charge in [-0.25, -0.2) is 0 Å². The van der Waals surface area contributed by atoms with Gasteiger partial charge in [0.15, 0.2) is 11.1 Å². The number of hydrogen-bond acceptors (Lipinski definition) is 4. The number of nitrogens with zero attached hydrogens (tertiary/aromatic N) is 5. The maximum absolute atomic E-state index is 4.52. The minimum atomic E-state index is 0.607. The van der Waals surface area contributed by atoms with Crippen LogP contribution in [0.1, 0.15) is 70.7 Å². The number of likely N-dealkylation sites (tertiary alicyclic amines) is 1. The zero-order valence-corrected chi connectivity index (χ0v) is 19.0. The van der Waals surface area contributed by atoms with Gasteiger partial charge in [-0.1, -0.05) is 38.5 Å². The van der Waals surface area contributed by atoms with Crippen LogP contribution >= 0.6 is 11.8 Å². The Hall–Kier alpha value is -1.24. The topological polar surface area (TPSA) is 58.3 Å². The molecule has 3 rings (SSSR count). The fourth-order valence-electron chi connectivity index (χ4n) is 4.81. The van der Waals surface area contributed by atoms with Gasteiger partial charge in [-0.3, -0.25) is 4.99 Å². The van der Waals surface area contributed by atoms with E-state index in [2.05, 4.69) is 50.1 Å². The number of hydrogen-bond donors (Lipinski definition) is 1. The molecule has 1 aromatic rings. The Morgan fingerprint density at radius 1 is 1.25 bits per heavy atom. The second-order valence-corrected chi connectivity index (χ2v) is 9.49. The molecule has 1 saturated heterocycles. The number of aliphatic imine (C=N–C) groups is 1. The van der Waals surface area contributed by atoms with Crippen LogP contribution in [0.25, 0.3) is 0 Å². The predicted molar refractivity (Wildman–Crippen MR) is 118 cm³/mol. The molecule has 6 nitrogen and oxygen atoms in total. The van der Waals surface area contributed by atoms with Gasteiger partial charge in [0.2, 0.25) is 0 Å². The lowest BCUT2D eigenvalue weighted by molar-refractivity contribution is 0.403. The molecule has 158 valence electrons. The molecule has 0 spiro atoms. The van der Waals surface area contributed by atoms with Gasteiger partial charge in [-0.05, 0) is 50.2 Å². The average molecular weight is 407 g/mol. The summed E-state index contributed by atoms with van der Waals surface area (Å²) in [5.74, 6) is 3.82. The maximum Gasteiger partial charge on any atom is 0.193 e. The molecule has 0 aromatic carbocycles. The Bertz CT molecular complexity index is 635. The van der Waals surface area contributed by atoms with Crippen molar-refractivity contribution in [3.63, 3.8) is 0 Å². The van der Waals surface area contributed by atoms with E-state index in [-0.39, 0.29) is 0 Å². The number of thioether (sulfide) groups is 1. The maximum atomic E-state index is 4.52. The van der Waals surface area contributed by atoms with Crippen LogP contribution in [-0.4, -0.2) is 58.6 Å². The van der Waals surface area contributed by atoms with E-state index < -0.39 is 0 Å². The number of nitrogens with one attached hydrogen (secondary N) is 1. The van der Waals surface area contributed by atoms with Crippen LogP contribution in [0, 0.1) is 11.8 Å². The molecule has 1 unspecified atom stereocenters. The number of guanidine groups is 1. The molecule has 0 amide bonds. The molecule has 1 aromatic heterocycles. The van der Waals surface area contributed by atoms with Crippen LogP contribution in [0.3, 0.4) is 0 Å². The molecule has 2 aliphatic rings. The third-order valence-corrected chi connectivity index (χ3v) is 6.71. The van der Waals surface area contributed by atoms with Gasteiger partial charge in [0, 0.05) is 39.1 Å². The highest BCUT2D eigenvalue weighted by atomic mass is 32.2. The van der Waals surface area contributed by atoms with Gasteiger partial charge < -0.3 is 14.8 Å². The van der Waals surface area contributed by atoms with Crippen molar-refractivity contribution in [3.8, 4) is 0 Å². The molecule has 0 bridgehead atoms. The molecule has 2 heterocycles. The summed E-state index contributed by atoms with van der Waals surface area (Å²) in [5.41, 5.74) is 0. The van der Waals surface area contributed by atoms with E-state index in [1.165, 1.54) is 38.5 Å². The molecule has 1 atom stereocenters. The van der Waals surface area contributed by atoms with E-state index in [0.29, 0.717) is 6.04 Å². The molecule has 1 aliphatic carbocycles. The van der Waals surface area contributed by atoms with Crippen LogP contribution in [0.2, 0.25) is 0 Å². The summed E-state index contributed by atoms with van der Waals surface area (Å²) in [5, 5.41) is 13.6. The Labute approximate surface area is 175 Å². The van der Waals surface area contributed by atoms with Crippen molar-refractivity contribution < 1.29 is 0 Å². The van der Waals surface area contributed by atoms with E-state index in [1.807, 2.05) is 7.05 Å². The van der Waals surface area contributed by atoms with E-state index in [4.69, 9.17) is 0 Å². The monoisotopic (exact) mass is 406 g/mol. The lowest BCUT2D eigenvalue weighted by atomic mass is 9.97. The second kappa shape index (κ2) is 10.5.